The number of hydrogen-bond donors (Lipinski definition) is 1. The lowest BCUT2D eigenvalue weighted by Crippen LogP contribution is -2.49. The SMILES string of the molecule is Cc1cc(C2CNCCC2N(C)C(=O)c2cc(C(F)(F)F)cc(C(F)(F)F)c2)ccc1Cl. The standard InChI is InChI=1S/C22H21ClF6N2O/c1-12-7-13(3-4-18(12)23)17-11-30-6-5-19(17)31(2)20(32)14-8-15(21(24,25)26)10-16(9-14)22(27,28)29/h3-4,7-10,17,19,30H,5-6,11H2,1-2H3. The van der Waals surface area contributed by atoms with Crippen LogP contribution in [0.3, 0.4) is 0 Å². The monoisotopic (exact) mass is 478 g/mol. The minimum absolute atomic E-state index is 0.0145. The topological polar surface area (TPSA) is 32.3 Å². The summed E-state index contributed by atoms with van der Waals surface area (Å²) in [7, 11) is 1.40. The van der Waals surface area contributed by atoms with E-state index in [1.54, 1.807) is 6.07 Å². The molecule has 2 atom stereocenters. The zero-order valence-corrected chi connectivity index (χ0v) is 18.0. The molecule has 174 valence electrons. The van der Waals surface area contributed by atoms with Gasteiger partial charge in [0.15, 0.2) is 0 Å². The second kappa shape index (κ2) is 8.94. The Morgan fingerprint density at radius 1 is 1.03 bits per heavy atom. The molecule has 0 saturated carbocycles. The molecule has 0 aromatic heterocycles. The normalized spacial score (nSPS) is 19.7. The van der Waals surface area contributed by atoms with Gasteiger partial charge in [0.05, 0.1) is 11.1 Å². The third-order valence-electron chi connectivity index (χ3n) is 5.71. The van der Waals surface area contributed by atoms with Crippen molar-refractivity contribution in [2.45, 2.75) is 37.7 Å². The van der Waals surface area contributed by atoms with Gasteiger partial charge in [0, 0.05) is 36.1 Å². The number of carbonyl (C=O) groups excluding carboxylic acids is 1. The number of aryl methyl sites for hydroxylation is 1. The van der Waals surface area contributed by atoms with E-state index in [1.807, 2.05) is 19.1 Å². The molecule has 1 aliphatic rings. The number of hydrogen-bond acceptors (Lipinski definition) is 2. The molecule has 2 unspecified atom stereocenters. The van der Waals surface area contributed by atoms with E-state index in [0.717, 1.165) is 11.1 Å². The number of rotatable bonds is 3. The van der Waals surface area contributed by atoms with Crippen molar-refractivity contribution >= 4 is 17.5 Å². The van der Waals surface area contributed by atoms with Gasteiger partial charge in [-0.2, -0.15) is 26.3 Å². The summed E-state index contributed by atoms with van der Waals surface area (Å²) in [6, 6.07) is 5.94. The average molecular weight is 479 g/mol. The number of piperidine rings is 1. The molecule has 0 aliphatic carbocycles. The molecule has 0 bridgehead atoms. The quantitative estimate of drug-likeness (QED) is 0.557. The summed E-state index contributed by atoms with van der Waals surface area (Å²) in [4.78, 5) is 14.3. The maximum Gasteiger partial charge on any atom is 0.416 e. The third kappa shape index (κ3) is 5.20. The summed E-state index contributed by atoms with van der Waals surface area (Å²) in [6.07, 6.45) is -9.56. The Balaban J connectivity index is 1.97. The van der Waals surface area contributed by atoms with E-state index >= 15 is 0 Å². The van der Waals surface area contributed by atoms with E-state index in [0.29, 0.717) is 36.7 Å². The summed E-state index contributed by atoms with van der Waals surface area (Å²) in [6.45, 7) is 2.88. The number of alkyl halides is 6. The van der Waals surface area contributed by atoms with Crippen molar-refractivity contribution in [1.29, 1.82) is 0 Å². The van der Waals surface area contributed by atoms with Crippen LogP contribution in [0.15, 0.2) is 36.4 Å². The highest BCUT2D eigenvalue weighted by molar-refractivity contribution is 6.31. The van der Waals surface area contributed by atoms with Gasteiger partial charge >= 0.3 is 12.4 Å². The molecule has 1 saturated heterocycles. The summed E-state index contributed by atoms with van der Waals surface area (Å²) in [5.41, 5.74) is -1.98. The summed E-state index contributed by atoms with van der Waals surface area (Å²) in [5, 5.41) is 3.79. The smallest absolute Gasteiger partial charge is 0.338 e. The fourth-order valence-electron chi connectivity index (χ4n) is 3.98. The Morgan fingerprint density at radius 2 is 1.62 bits per heavy atom. The van der Waals surface area contributed by atoms with Crippen molar-refractivity contribution in [3.8, 4) is 0 Å². The van der Waals surface area contributed by atoms with Crippen molar-refractivity contribution in [3.63, 3.8) is 0 Å². The molecule has 32 heavy (non-hydrogen) atoms. The molecule has 3 rings (SSSR count). The van der Waals surface area contributed by atoms with Gasteiger partial charge in [0.1, 0.15) is 0 Å². The number of halogens is 7. The van der Waals surface area contributed by atoms with Gasteiger partial charge < -0.3 is 10.2 Å². The maximum absolute atomic E-state index is 13.2. The number of benzene rings is 2. The van der Waals surface area contributed by atoms with E-state index in [1.165, 1.54) is 11.9 Å². The lowest BCUT2D eigenvalue weighted by atomic mass is 9.85. The van der Waals surface area contributed by atoms with Crippen molar-refractivity contribution in [2.24, 2.45) is 0 Å². The number of nitrogens with one attached hydrogen (secondary N) is 1. The minimum atomic E-state index is -5.02. The molecule has 10 heteroatoms. The first kappa shape index (κ1) is 24.4. The average Bonchev–Trinajstić information content (AvgIpc) is 2.73. The number of carbonyl (C=O) groups is 1. The van der Waals surface area contributed by atoms with Gasteiger partial charge in [-0.1, -0.05) is 23.7 Å². The zero-order valence-electron chi connectivity index (χ0n) is 17.2. The molecule has 1 N–H and O–H groups in total. The van der Waals surface area contributed by atoms with E-state index in [2.05, 4.69) is 5.32 Å². The highest BCUT2D eigenvalue weighted by atomic mass is 35.5. The third-order valence-corrected chi connectivity index (χ3v) is 6.13. The predicted octanol–water partition coefficient (Wildman–Crippen LogP) is 5.90. The van der Waals surface area contributed by atoms with Gasteiger partial charge in [-0.15, -0.1) is 0 Å². The van der Waals surface area contributed by atoms with E-state index in [9.17, 15) is 31.1 Å². The fourth-order valence-corrected chi connectivity index (χ4v) is 4.10. The van der Waals surface area contributed by atoms with Crippen LogP contribution in [0, 0.1) is 6.92 Å². The van der Waals surface area contributed by atoms with Gasteiger partial charge in [0.2, 0.25) is 0 Å². The zero-order chi connectivity index (χ0) is 23.8. The molecule has 1 heterocycles. The van der Waals surface area contributed by atoms with Gasteiger partial charge in [-0.05, 0) is 55.3 Å². The molecule has 3 nitrogen and oxygen atoms in total. The fraction of sp³-hybridized carbons (Fsp3) is 0.409. The molecule has 2 aromatic carbocycles. The lowest BCUT2D eigenvalue weighted by Gasteiger charge is -2.39. The Hall–Kier alpha value is -2.26. The van der Waals surface area contributed by atoms with Crippen molar-refractivity contribution in [2.75, 3.05) is 20.1 Å². The Bertz CT molecular complexity index is 973. The van der Waals surface area contributed by atoms with Crippen LogP contribution in [0.4, 0.5) is 26.3 Å². The van der Waals surface area contributed by atoms with Crippen molar-refractivity contribution in [3.05, 3.63) is 69.2 Å². The highest BCUT2D eigenvalue weighted by Gasteiger charge is 2.39. The Morgan fingerprint density at radius 3 is 2.16 bits per heavy atom. The van der Waals surface area contributed by atoms with E-state index in [-0.39, 0.29) is 12.0 Å². The van der Waals surface area contributed by atoms with Gasteiger partial charge in [0.25, 0.3) is 5.91 Å². The van der Waals surface area contributed by atoms with Crippen molar-refractivity contribution in [1.82, 2.24) is 10.2 Å². The lowest BCUT2D eigenvalue weighted by molar-refractivity contribution is -0.143. The largest absolute Gasteiger partial charge is 0.416 e. The first-order valence-corrected chi connectivity index (χ1v) is 10.2. The Kier molecular flexibility index (Phi) is 6.81. The molecule has 2 aromatic rings. The second-order valence-corrected chi connectivity index (χ2v) is 8.29. The summed E-state index contributed by atoms with van der Waals surface area (Å²) < 4.78 is 79.2. The predicted molar refractivity (Wildman–Crippen MR) is 109 cm³/mol. The molecule has 0 spiro atoms. The van der Waals surface area contributed by atoms with Gasteiger partial charge in [-0.3, -0.25) is 4.79 Å². The molecule has 1 fully saturated rings. The van der Waals surface area contributed by atoms with Crippen LogP contribution in [-0.4, -0.2) is 37.0 Å². The number of nitrogens with zero attached hydrogens (tertiary/aromatic N) is 1. The highest BCUT2D eigenvalue weighted by Crippen LogP contribution is 2.37. The molecular formula is C22H21ClF6N2O. The molecule has 1 amide bonds. The second-order valence-electron chi connectivity index (χ2n) is 7.89. The number of amides is 1. The summed E-state index contributed by atoms with van der Waals surface area (Å²) >= 11 is 6.09. The first-order chi connectivity index (χ1) is 14.8. The van der Waals surface area contributed by atoms with Crippen LogP contribution in [0.5, 0.6) is 0 Å². The molecule has 1 aliphatic heterocycles. The van der Waals surface area contributed by atoms with Crippen LogP contribution < -0.4 is 5.32 Å². The maximum atomic E-state index is 13.2. The van der Waals surface area contributed by atoms with Crippen LogP contribution in [-0.2, 0) is 12.4 Å². The molecule has 0 radical (unpaired) electrons. The van der Waals surface area contributed by atoms with Crippen molar-refractivity contribution < 1.29 is 31.1 Å². The minimum Gasteiger partial charge on any atom is -0.338 e. The van der Waals surface area contributed by atoms with E-state index < -0.39 is 41.0 Å². The summed E-state index contributed by atoms with van der Waals surface area (Å²) in [5.74, 6) is -1.11. The first-order valence-electron chi connectivity index (χ1n) is 9.82. The Labute approximate surface area is 186 Å². The van der Waals surface area contributed by atoms with Crippen LogP contribution in [0.25, 0.3) is 0 Å². The van der Waals surface area contributed by atoms with Crippen LogP contribution in [0.1, 0.15) is 45.0 Å². The molecular weight excluding hydrogens is 458 g/mol. The van der Waals surface area contributed by atoms with Crippen LogP contribution >= 0.6 is 11.6 Å². The van der Waals surface area contributed by atoms with Gasteiger partial charge in [-0.25, -0.2) is 0 Å². The van der Waals surface area contributed by atoms with Crippen LogP contribution in [0.2, 0.25) is 5.02 Å². The van der Waals surface area contributed by atoms with E-state index in [4.69, 9.17) is 11.6 Å². The number of likely N-dealkylation sites (N-methyl/N-ethyl adjacent to an activating group) is 1.